The molecule has 2 aromatic rings. The molecule has 0 unspecified atom stereocenters. The van der Waals surface area contributed by atoms with E-state index < -0.39 is 11.9 Å². The molecule has 0 aliphatic heterocycles. The number of thiophene rings is 1. The van der Waals surface area contributed by atoms with Gasteiger partial charge >= 0.3 is 6.18 Å². The van der Waals surface area contributed by atoms with Crippen molar-refractivity contribution in [3.63, 3.8) is 0 Å². The third kappa shape index (κ3) is 2.34. The Bertz CT molecular complexity index is 530. The van der Waals surface area contributed by atoms with Gasteiger partial charge in [-0.3, -0.25) is 4.68 Å². The van der Waals surface area contributed by atoms with E-state index in [0.717, 1.165) is 6.07 Å². The molecule has 0 aliphatic rings. The van der Waals surface area contributed by atoms with Crippen LogP contribution < -0.4 is 0 Å². The number of halogens is 3. The number of aliphatic hydroxyl groups is 1. The maximum Gasteiger partial charge on any atom is 0.435 e. The predicted molar refractivity (Wildman–Crippen MR) is 57.4 cm³/mol. The van der Waals surface area contributed by atoms with Crippen LogP contribution in [0.15, 0.2) is 18.2 Å². The lowest BCUT2D eigenvalue weighted by atomic mass is 10.3. The molecule has 0 aliphatic carbocycles. The van der Waals surface area contributed by atoms with Crippen molar-refractivity contribution in [2.75, 3.05) is 0 Å². The van der Waals surface area contributed by atoms with Gasteiger partial charge in [-0.2, -0.15) is 18.3 Å². The van der Waals surface area contributed by atoms with Crippen LogP contribution in [0.2, 0.25) is 0 Å². The number of nitrogens with zero attached hydrogens (tertiary/aromatic N) is 2. The SMILES string of the molecule is Cn1nc(C(F)(F)F)cc1-c1ccc(CO)s1. The van der Waals surface area contributed by atoms with Gasteiger partial charge in [-0.1, -0.05) is 0 Å². The van der Waals surface area contributed by atoms with Gasteiger partial charge in [0.05, 0.1) is 17.2 Å². The van der Waals surface area contributed by atoms with E-state index in [1.807, 2.05) is 0 Å². The van der Waals surface area contributed by atoms with Crippen LogP contribution in [-0.2, 0) is 19.8 Å². The summed E-state index contributed by atoms with van der Waals surface area (Å²) in [5, 5.41) is 12.3. The van der Waals surface area contributed by atoms with Gasteiger partial charge < -0.3 is 5.11 Å². The van der Waals surface area contributed by atoms with E-state index in [2.05, 4.69) is 5.10 Å². The summed E-state index contributed by atoms with van der Waals surface area (Å²) in [4.78, 5) is 1.36. The van der Waals surface area contributed by atoms with Crippen molar-refractivity contribution in [2.45, 2.75) is 12.8 Å². The zero-order valence-electron chi connectivity index (χ0n) is 8.82. The molecule has 2 heterocycles. The smallest absolute Gasteiger partial charge is 0.391 e. The molecule has 92 valence electrons. The Hall–Kier alpha value is -1.34. The molecule has 0 radical (unpaired) electrons. The molecular weight excluding hydrogens is 253 g/mol. The van der Waals surface area contributed by atoms with Crippen LogP contribution in [-0.4, -0.2) is 14.9 Å². The number of alkyl halides is 3. The van der Waals surface area contributed by atoms with Gasteiger partial charge in [0.2, 0.25) is 0 Å². The first kappa shape index (κ1) is 12.1. The summed E-state index contributed by atoms with van der Waals surface area (Å²) in [6, 6.07) is 4.36. The minimum Gasteiger partial charge on any atom is -0.391 e. The topological polar surface area (TPSA) is 38.0 Å². The number of hydrogen-bond donors (Lipinski definition) is 1. The van der Waals surface area contributed by atoms with Gasteiger partial charge in [-0.25, -0.2) is 0 Å². The molecule has 0 saturated carbocycles. The highest BCUT2D eigenvalue weighted by Gasteiger charge is 2.34. The van der Waals surface area contributed by atoms with Crippen LogP contribution in [0.25, 0.3) is 10.6 Å². The van der Waals surface area contributed by atoms with Gasteiger partial charge in [-0.15, -0.1) is 11.3 Å². The van der Waals surface area contributed by atoms with Crippen LogP contribution in [0.5, 0.6) is 0 Å². The summed E-state index contributed by atoms with van der Waals surface area (Å²) in [6.07, 6.45) is -4.44. The zero-order chi connectivity index (χ0) is 12.6. The molecule has 0 amide bonds. The Morgan fingerprint density at radius 2 is 2.12 bits per heavy atom. The van der Waals surface area contributed by atoms with Crippen LogP contribution in [0.1, 0.15) is 10.6 Å². The van der Waals surface area contributed by atoms with Gasteiger partial charge in [0.25, 0.3) is 0 Å². The molecule has 0 fully saturated rings. The first-order valence-corrected chi connectivity index (χ1v) is 5.54. The van der Waals surface area contributed by atoms with Gasteiger partial charge in [0.1, 0.15) is 0 Å². The molecule has 3 nitrogen and oxygen atoms in total. The fraction of sp³-hybridized carbons (Fsp3) is 0.300. The number of aliphatic hydroxyl groups excluding tert-OH is 1. The summed E-state index contributed by atoms with van der Waals surface area (Å²) in [5.41, 5.74) is -0.518. The van der Waals surface area contributed by atoms with E-state index in [1.54, 1.807) is 12.1 Å². The average molecular weight is 262 g/mol. The van der Waals surface area contributed by atoms with Crippen molar-refractivity contribution < 1.29 is 18.3 Å². The van der Waals surface area contributed by atoms with E-state index in [0.29, 0.717) is 15.4 Å². The lowest BCUT2D eigenvalue weighted by Gasteiger charge is -1.98. The molecule has 1 N–H and O–H groups in total. The Kier molecular flexibility index (Phi) is 2.96. The molecule has 0 saturated heterocycles. The third-order valence-electron chi connectivity index (χ3n) is 2.24. The second-order valence-electron chi connectivity index (χ2n) is 3.46. The van der Waals surface area contributed by atoms with Gasteiger partial charge in [0.15, 0.2) is 5.69 Å². The van der Waals surface area contributed by atoms with Crippen molar-refractivity contribution in [1.82, 2.24) is 9.78 Å². The van der Waals surface area contributed by atoms with Crippen LogP contribution in [0.3, 0.4) is 0 Å². The Labute approximate surface area is 99.1 Å². The lowest BCUT2D eigenvalue weighted by Crippen LogP contribution is -2.06. The number of rotatable bonds is 2. The molecule has 2 aromatic heterocycles. The minimum absolute atomic E-state index is 0.116. The fourth-order valence-electron chi connectivity index (χ4n) is 1.44. The summed E-state index contributed by atoms with van der Waals surface area (Å²) in [7, 11) is 1.46. The summed E-state index contributed by atoms with van der Waals surface area (Å²) >= 11 is 1.25. The number of aromatic nitrogens is 2. The van der Waals surface area contributed by atoms with Crippen LogP contribution in [0.4, 0.5) is 13.2 Å². The molecule has 17 heavy (non-hydrogen) atoms. The second kappa shape index (κ2) is 4.15. The molecule has 7 heteroatoms. The summed E-state index contributed by atoms with van der Waals surface area (Å²) in [6.45, 7) is -0.116. The predicted octanol–water partition coefficient (Wildman–Crippen LogP) is 2.66. The molecule has 0 atom stereocenters. The zero-order valence-corrected chi connectivity index (χ0v) is 9.64. The van der Waals surface area contributed by atoms with E-state index in [4.69, 9.17) is 5.11 Å². The lowest BCUT2D eigenvalue weighted by molar-refractivity contribution is -0.141. The van der Waals surface area contributed by atoms with Crippen molar-refractivity contribution in [1.29, 1.82) is 0 Å². The molecule has 2 rings (SSSR count). The molecular formula is C10H9F3N2OS. The fourth-order valence-corrected chi connectivity index (χ4v) is 2.35. The Morgan fingerprint density at radius 1 is 1.41 bits per heavy atom. The second-order valence-corrected chi connectivity index (χ2v) is 4.63. The highest BCUT2D eigenvalue weighted by Crippen LogP contribution is 2.33. The van der Waals surface area contributed by atoms with Crippen molar-refractivity contribution in [3.05, 3.63) is 28.8 Å². The maximum absolute atomic E-state index is 12.5. The monoisotopic (exact) mass is 262 g/mol. The average Bonchev–Trinajstić information content (AvgIpc) is 2.82. The number of hydrogen-bond acceptors (Lipinski definition) is 3. The maximum atomic E-state index is 12.5. The Balaban J connectivity index is 2.42. The van der Waals surface area contributed by atoms with Crippen molar-refractivity contribution >= 4 is 11.3 Å². The van der Waals surface area contributed by atoms with E-state index >= 15 is 0 Å². The van der Waals surface area contributed by atoms with Gasteiger partial charge in [0, 0.05) is 11.9 Å². The first-order valence-electron chi connectivity index (χ1n) is 4.73. The van der Waals surface area contributed by atoms with Crippen molar-refractivity contribution in [3.8, 4) is 10.6 Å². The van der Waals surface area contributed by atoms with Crippen LogP contribution >= 0.6 is 11.3 Å². The standard InChI is InChI=1S/C10H9F3N2OS/c1-15-7(4-9(14-15)10(11,12)13)8-3-2-6(5-16)17-8/h2-4,16H,5H2,1H3. The first-order chi connectivity index (χ1) is 7.91. The van der Waals surface area contributed by atoms with E-state index in [1.165, 1.54) is 23.1 Å². The highest BCUT2D eigenvalue weighted by molar-refractivity contribution is 7.15. The number of aryl methyl sites for hydroxylation is 1. The quantitative estimate of drug-likeness (QED) is 0.903. The Morgan fingerprint density at radius 3 is 2.59 bits per heavy atom. The minimum atomic E-state index is -4.44. The van der Waals surface area contributed by atoms with Gasteiger partial charge in [-0.05, 0) is 18.2 Å². The van der Waals surface area contributed by atoms with E-state index in [-0.39, 0.29) is 6.61 Å². The molecule has 0 spiro atoms. The van der Waals surface area contributed by atoms with Crippen molar-refractivity contribution in [2.24, 2.45) is 7.05 Å². The third-order valence-corrected chi connectivity index (χ3v) is 3.33. The normalized spacial score (nSPS) is 12.1. The largest absolute Gasteiger partial charge is 0.435 e. The molecule has 0 bridgehead atoms. The van der Waals surface area contributed by atoms with Crippen LogP contribution in [0, 0.1) is 0 Å². The molecule has 0 aromatic carbocycles. The summed E-state index contributed by atoms with van der Waals surface area (Å²) in [5.74, 6) is 0. The summed E-state index contributed by atoms with van der Waals surface area (Å²) < 4.78 is 38.6. The highest BCUT2D eigenvalue weighted by atomic mass is 32.1. The van der Waals surface area contributed by atoms with E-state index in [9.17, 15) is 13.2 Å².